The summed E-state index contributed by atoms with van der Waals surface area (Å²) < 4.78 is 4.79. The smallest absolute Gasteiger partial charge is 0.407 e. The highest BCUT2D eigenvalue weighted by molar-refractivity contribution is 5.91. The number of hydrogen-bond acceptors (Lipinski definition) is 7. The van der Waals surface area contributed by atoms with Crippen molar-refractivity contribution >= 4 is 34.8 Å². The number of hydrogen-bond donors (Lipinski definition) is 5. The van der Waals surface area contributed by atoms with Gasteiger partial charge in [0.15, 0.2) is 0 Å². The van der Waals surface area contributed by atoms with Gasteiger partial charge >= 0.3 is 12.2 Å². The van der Waals surface area contributed by atoms with Gasteiger partial charge in [0.25, 0.3) is 0 Å². The maximum absolute atomic E-state index is 13.7. The van der Waals surface area contributed by atoms with Gasteiger partial charge < -0.3 is 40.2 Å². The van der Waals surface area contributed by atoms with Crippen LogP contribution in [-0.4, -0.2) is 91.1 Å². The van der Waals surface area contributed by atoms with Crippen molar-refractivity contribution in [3.63, 3.8) is 0 Å². The first-order valence-electron chi connectivity index (χ1n) is 20.6. The van der Waals surface area contributed by atoms with Crippen LogP contribution in [0.15, 0.2) is 73.1 Å². The van der Waals surface area contributed by atoms with Crippen LogP contribution >= 0.6 is 0 Å². The fourth-order valence-electron chi connectivity index (χ4n) is 8.39. The summed E-state index contributed by atoms with van der Waals surface area (Å²) in [5.74, 6) is 0.775. The fraction of sp³-hybridized carbons (Fsp3) is 0.422. The van der Waals surface area contributed by atoms with Gasteiger partial charge in [-0.2, -0.15) is 0 Å². The summed E-state index contributed by atoms with van der Waals surface area (Å²) in [4.78, 5) is 70.9. The van der Waals surface area contributed by atoms with E-state index in [0.717, 1.165) is 88.8 Å². The number of benzene rings is 3. The SMILES string of the molecule is COC(=O)N[C@H](C(=O)N1CCCC[C@H]1c1nc(-c2ccc3cc(-c4ccc(-c5c[nH]c([C@@H]6CCCCN6C(=O)[C@@H](NC(=O)O)C(C)C)n5)cc4)ccc3c2)c[nH]1)C(C)C. The lowest BCUT2D eigenvalue weighted by Gasteiger charge is -2.37. The largest absolute Gasteiger partial charge is 0.465 e. The minimum Gasteiger partial charge on any atom is -0.465 e. The third-order valence-corrected chi connectivity index (χ3v) is 11.7. The van der Waals surface area contributed by atoms with Crippen molar-refractivity contribution in [3.05, 3.63) is 84.7 Å². The maximum atomic E-state index is 13.7. The van der Waals surface area contributed by atoms with Crippen molar-refractivity contribution in [2.45, 2.75) is 90.4 Å². The van der Waals surface area contributed by atoms with Gasteiger partial charge in [0.1, 0.15) is 23.7 Å². The van der Waals surface area contributed by atoms with Crippen LogP contribution < -0.4 is 10.6 Å². The molecule has 2 fully saturated rings. The van der Waals surface area contributed by atoms with E-state index >= 15 is 0 Å². The lowest BCUT2D eigenvalue weighted by molar-refractivity contribution is -0.139. The van der Waals surface area contributed by atoms with E-state index in [0.29, 0.717) is 18.9 Å². The van der Waals surface area contributed by atoms with Crippen LogP contribution in [0, 0.1) is 11.8 Å². The highest BCUT2D eigenvalue weighted by Gasteiger charge is 2.37. The van der Waals surface area contributed by atoms with E-state index in [1.54, 1.807) is 4.90 Å². The van der Waals surface area contributed by atoms with Crippen molar-refractivity contribution < 1.29 is 29.0 Å². The topological polar surface area (TPSA) is 186 Å². The van der Waals surface area contributed by atoms with Gasteiger partial charge in [0.2, 0.25) is 11.8 Å². The van der Waals surface area contributed by atoms with Crippen molar-refractivity contribution in [1.82, 2.24) is 40.4 Å². The maximum Gasteiger partial charge on any atom is 0.407 e. The highest BCUT2D eigenvalue weighted by atomic mass is 16.5. The molecule has 0 aliphatic carbocycles. The molecule has 5 N–H and O–H groups in total. The molecule has 14 heteroatoms. The van der Waals surface area contributed by atoms with Gasteiger partial charge in [-0.3, -0.25) is 9.59 Å². The molecule has 4 heterocycles. The van der Waals surface area contributed by atoms with Gasteiger partial charge in [-0.15, -0.1) is 0 Å². The molecule has 4 amide bonds. The monoisotopic (exact) mass is 802 g/mol. The van der Waals surface area contributed by atoms with Crippen LogP contribution in [0.2, 0.25) is 0 Å². The third-order valence-electron chi connectivity index (χ3n) is 11.7. The normalized spacial score (nSPS) is 18.2. The second-order valence-corrected chi connectivity index (χ2v) is 16.3. The number of rotatable bonds is 11. The Bertz CT molecular complexity index is 2300. The Labute approximate surface area is 344 Å². The van der Waals surface area contributed by atoms with Crippen molar-refractivity contribution in [2.24, 2.45) is 11.8 Å². The van der Waals surface area contributed by atoms with E-state index in [9.17, 15) is 24.3 Å². The van der Waals surface area contributed by atoms with E-state index in [-0.39, 0.29) is 35.7 Å². The second-order valence-electron chi connectivity index (χ2n) is 16.3. The molecule has 59 heavy (non-hydrogen) atoms. The molecule has 3 aromatic carbocycles. The van der Waals surface area contributed by atoms with Crippen molar-refractivity contribution in [1.29, 1.82) is 0 Å². The zero-order valence-corrected chi connectivity index (χ0v) is 34.3. The summed E-state index contributed by atoms with van der Waals surface area (Å²) >= 11 is 0. The lowest BCUT2D eigenvalue weighted by Crippen LogP contribution is -2.53. The summed E-state index contributed by atoms with van der Waals surface area (Å²) in [5, 5.41) is 16.7. The van der Waals surface area contributed by atoms with E-state index < -0.39 is 24.3 Å². The Kier molecular flexibility index (Phi) is 12.3. The minimum atomic E-state index is -1.21. The Morgan fingerprint density at radius 1 is 0.661 bits per heavy atom. The quantitative estimate of drug-likeness (QED) is 0.0888. The Hall–Kier alpha value is -6.18. The molecule has 0 saturated carbocycles. The van der Waals surface area contributed by atoms with Crippen molar-refractivity contribution in [2.75, 3.05) is 20.2 Å². The number of ether oxygens (including phenoxy) is 1. The minimum absolute atomic E-state index is 0.111. The number of methoxy groups -OCH3 is 1. The first-order valence-corrected chi connectivity index (χ1v) is 20.6. The number of nitrogens with zero attached hydrogens (tertiary/aromatic N) is 4. The average molecular weight is 803 g/mol. The molecule has 2 aliphatic rings. The molecular formula is C45H54N8O6. The molecule has 310 valence electrons. The fourth-order valence-corrected chi connectivity index (χ4v) is 8.39. The zero-order chi connectivity index (χ0) is 41.8. The summed E-state index contributed by atoms with van der Waals surface area (Å²) in [7, 11) is 1.30. The first kappa shape index (κ1) is 41.0. The predicted molar refractivity (Wildman–Crippen MR) is 225 cm³/mol. The lowest BCUT2D eigenvalue weighted by atomic mass is 9.97. The molecule has 5 aromatic rings. The van der Waals surface area contributed by atoms with Gasteiger partial charge in [-0.05, 0) is 84.4 Å². The number of carbonyl (C=O) groups excluding carboxylic acids is 3. The van der Waals surface area contributed by atoms with Gasteiger partial charge in [0, 0.05) is 36.6 Å². The van der Waals surface area contributed by atoms with E-state index in [1.807, 2.05) is 57.1 Å². The first-order chi connectivity index (χ1) is 28.4. The second kappa shape index (κ2) is 17.8. The van der Waals surface area contributed by atoms with Crippen LogP contribution in [-0.2, 0) is 14.3 Å². The van der Waals surface area contributed by atoms with Crippen LogP contribution in [0.25, 0.3) is 44.4 Å². The molecule has 0 bridgehead atoms. The van der Waals surface area contributed by atoms with Crippen LogP contribution in [0.3, 0.4) is 0 Å². The number of carboxylic acid groups (broad SMARTS) is 1. The summed E-state index contributed by atoms with van der Waals surface area (Å²) in [5.41, 5.74) is 5.63. The van der Waals surface area contributed by atoms with E-state index in [4.69, 9.17) is 14.7 Å². The molecule has 7 rings (SSSR count). The van der Waals surface area contributed by atoms with E-state index in [2.05, 4.69) is 69.1 Å². The molecule has 2 aromatic heterocycles. The summed E-state index contributed by atoms with van der Waals surface area (Å²) in [6.45, 7) is 8.65. The molecule has 0 radical (unpaired) electrons. The number of nitrogens with one attached hydrogen (secondary N) is 4. The molecule has 2 saturated heterocycles. The molecule has 0 unspecified atom stereocenters. The molecule has 14 nitrogen and oxygen atoms in total. The number of H-pyrrole nitrogens is 2. The van der Waals surface area contributed by atoms with Gasteiger partial charge in [-0.1, -0.05) is 76.2 Å². The van der Waals surface area contributed by atoms with E-state index in [1.165, 1.54) is 7.11 Å². The Morgan fingerprint density at radius 2 is 1.12 bits per heavy atom. The Morgan fingerprint density at radius 3 is 1.63 bits per heavy atom. The van der Waals surface area contributed by atoms with Crippen LogP contribution in [0.1, 0.15) is 90.0 Å². The van der Waals surface area contributed by atoms with Gasteiger partial charge in [0.05, 0.1) is 30.6 Å². The number of amides is 4. The molecule has 2 aliphatic heterocycles. The summed E-state index contributed by atoms with van der Waals surface area (Å²) in [6.07, 6.45) is 7.14. The molecular weight excluding hydrogens is 749 g/mol. The summed E-state index contributed by atoms with van der Waals surface area (Å²) in [6, 6.07) is 19.0. The van der Waals surface area contributed by atoms with Crippen molar-refractivity contribution in [3.8, 4) is 33.6 Å². The zero-order valence-electron chi connectivity index (χ0n) is 34.3. The highest BCUT2D eigenvalue weighted by Crippen LogP contribution is 2.35. The van der Waals surface area contributed by atoms with Gasteiger partial charge in [-0.25, -0.2) is 19.6 Å². The van der Waals surface area contributed by atoms with Crippen LogP contribution in [0.5, 0.6) is 0 Å². The Balaban J connectivity index is 1.04. The predicted octanol–water partition coefficient (Wildman–Crippen LogP) is 8.07. The number of likely N-dealkylation sites (tertiary alicyclic amines) is 2. The molecule has 4 atom stereocenters. The van der Waals surface area contributed by atoms with Crippen LogP contribution in [0.4, 0.5) is 9.59 Å². The number of carbonyl (C=O) groups is 4. The third kappa shape index (κ3) is 8.96. The standard InChI is InChI=1S/C45H54N8O6/c1-26(2)38(50-44(56)57)42(54)52-20-8-6-10-36(52)40-46-24-34(48-40)29-14-12-28(13-15-29)30-16-17-32-23-33(19-18-31(32)22-30)35-25-47-41(49-35)37-11-7-9-21-53(37)43(55)39(27(3)4)51-45(58)59-5/h12-19,22-27,36-39,50H,6-11,20-21H2,1-5H3,(H,46,48)(H,47,49)(H,51,58)(H,56,57)/t36-,37-,38-,39-/m0/s1. The number of imidazole rings is 2. The number of aromatic amines is 2. The number of aromatic nitrogens is 4. The number of alkyl carbamates (subject to hydrolysis) is 1. The molecule has 0 spiro atoms. The number of piperidine rings is 2. The number of fused-ring (bicyclic) bond motifs is 1. The average Bonchev–Trinajstić information content (AvgIpc) is 3.95.